The Morgan fingerprint density at radius 3 is 2.61 bits per heavy atom. The Morgan fingerprint density at radius 1 is 1.00 bits per heavy atom. The highest BCUT2D eigenvalue weighted by molar-refractivity contribution is 5.94. The highest BCUT2D eigenvalue weighted by atomic mass is 16.5. The Morgan fingerprint density at radius 2 is 1.88 bits per heavy atom. The Hall–Kier alpha value is -4.13. The number of methoxy groups -OCH3 is 2. The molecule has 33 heavy (non-hydrogen) atoms. The van der Waals surface area contributed by atoms with E-state index in [1.807, 2.05) is 61.5 Å². The Bertz CT molecular complexity index is 1250. The molecular formula is C26H26N4O3. The Labute approximate surface area is 193 Å². The van der Waals surface area contributed by atoms with Gasteiger partial charge < -0.3 is 14.8 Å². The second-order valence-corrected chi connectivity index (χ2v) is 7.56. The van der Waals surface area contributed by atoms with Crippen LogP contribution in [-0.2, 0) is 6.42 Å². The average molecular weight is 443 g/mol. The smallest absolute Gasteiger partial charge is 0.270 e. The fourth-order valence-electron chi connectivity index (χ4n) is 3.58. The van der Waals surface area contributed by atoms with E-state index in [0.29, 0.717) is 35.9 Å². The van der Waals surface area contributed by atoms with E-state index in [1.165, 1.54) is 0 Å². The van der Waals surface area contributed by atoms with Crippen LogP contribution in [0, 0.1) is 6.92 Å². The van der Waals surface area contributed by atoms with E-state index in [4.69, 9.17) is 14.6 Å². The van der Waals surface area contributed by atoms with Crippen LogP contribution in [0.25, 0.3) is 16.9 Å². The van der Waals surface area contributed by atoms with Gasteiger partial charge in [0.05, 0.1) is 25.6 Å². The van der Waals surface area contributed by atoms with E-state index in [0.717, 1.165) is 22.5 Å². The summed E-state index contributed by atoms with van der Waals surface area (Å²) in [5, 5.41) is 7.76. The van der Waals surface area contributed by atoms with Gasteiger partial charge in [0.25, 0.3) is 5.91 Å². The molecule has 0 spiro atoms. The van der Waals surface area contributed by atoms with Crippen LogP contribution in [0.15, 0.2) is 72.9 Å². The van der Waals surface area contributed by atoms with Crippen molar-refractivity contribution in [1.82, 2.24) is 20.1 Å². The number of hydrogen-bond donors (Lipinski definition) is 1. The van der Waals surface area contributed by atoms with Crippen molar-refractivity contribution < 1.29 is 14.3 Å². The number of carbonyl (C=O) groups is 1. The quantitative estimate of drug-likeness (QED) is 0.442. The van der Waals surface area contributed by atoms with Crippen molar-refractivity contribution in [3.8, 4) is 28.4 Å². The summed E-state index contributed by atoms with van der Waals surface area (Å²) in [5.74, 6) is 1.09. The van der Waals surface area contributed by atoms with E-state index < -0.39 is 0 Å². The lowest BCUT2D eigenvalue weighted by atomic mass is 10.1. The lowest BCUT2D eigenvalue weighted by Gasteiger charge is -2.09. The van der Waals surface area contributed by atoms with Gasteiger partial charge in [-0.25, -0.2) is 4.68 Å². The zero-order chi connectivity index (χ0) is 23.2. The Kier molecular flexibility index (Phi) is 6.69. The lowest BCUT2D eigenvalue weighted by molar-refractivity contribution is 0.0946. The molecule has 1 N–H and O–H groups in total. The average Bonchev–Trinajstić information content (AvgIpc) is 3.29. The van der Waals surface area contributed by atoms with Crippen LogP contribution >= 0.6 is 0 Å². The zero-order valence-corrected chi connectivity index (χ0v) is 18.9. The van der Waals surface area contributed by atoms with Gasteiger partial charge in [-0.05, 0) is 55.0 Å². The molecule has 2 aromatic heterocycles. The molecule has 0 aliphatic rings. The summed E-state index contributed by atoms with van der Waals surface area (Å²) < 4.78 is 12.5. The van der Waals surface area contributed by atoms with E-state index in [9.17, 15) is 4.79 Å². The summed E-state index contributed by atoms with van der Waals surface area (Å²) >= 11 is 0. The van der Waals surface area contributed by atoms with Gasteiger partial charge in [-0.2, -0.15) is 5.10 Å². The molecule has 7 nitrogen and oxygen atoms in total. The van der Waals surface area contributed by atoms with Crippen LogP contribution in [0.1, 0.15) is 21.7 Å². The number of nitrogens with zero attached hydrogens (tertiary/aromatic N) is 3. The maximum absolute atomic E-state index is 13.2. The summed E-state index contributed by atoms with van der Waals surface area (Å²) in [6, 6.07) is 20.9. The highest BCUT2D eigenvalue weighted by Gasteiger charge is 2.20. The minimum atomic E-state index is -0.210. The summed E-state index contributed by atoms with van der Waals surface area (Å²) in [5.41, 5.74) is 4.65. The molecule has 0 saturated heterocycles. The molecule has 2 heterocycles. The first kappa shape index (κ1) is 22.1. The van der Waals surface area contributed by atoms with E-state index in [1.54, 1.807) is 37.2 Å². The summed E-state index contributed by atoms with van der Waals surface area (Å²) in [7, 11) is 3.20. The molecule has 0 saturated carbocycles. The van der Waals surface area contributed by atoms with Gasteiger partial charge in [0.1, 0.15) is 17.2 Å². The first-order valence-corrected chi connectivity index (χ1v) is 10.7. The number of aryl methyl sites for hydroxylation is 1. The minimum Gasteiger partial charge on any atom is -0.497 e. The van der Waals surface area contributed by atoms with Gasteiger partial charge in [-0.3, -0.25) is 9.78 Å². The van der Waals surface area contributed by atoms with Crippen molar-refractivity contribution >= 4 is 5.91 Å². The predicted octanol–water partition coefficient (Wildman–Crippen LogP) is 4.23. The van der Waals surface area contributed by atoms with Crippen molar-refractivity contribution in [1.29, 1.82) is 0 Å². The first-order valence-electron chi connectivity index (χ1n) is 10.7. The second kappa shape index (κ2) is 9.99. The molecule has 0 bridgehead atoms. The number of ether oxygens (including phenoxy) is 2. The standard InChI is InChI=1S/C26H26N4O3/c1-18-7-6-9-20(15-18)30-24(26(31)28-14-12-19-8-4-5-13-27-19)17-23(29-30)22-11-10-21(32-2)16-25(22)33-3/h4-11,13,15-17H,12,14H2,1-3H3,(H,28,31). The third-order valence-electron chi connectivity index (χ3n) is 5.27. The van der Waals surface area contributed by atoms with E-state index in [2.05, 4.69) is 10.3 Å². The van der Waals surface area contributed by atoms with Gasteiger partial charge >= 0.3 is 0 Å². The SMILES string of the molecule is COc1ccc(-c2cc(C(=O)NCCc3ccccn3)n(-c3cccc(C)c3)n2)c(OC)c1. The number of hydrogen-bond acceptors (Lipinski definition) is 5. The highest BCUT2D eigenvalue weighted by Crippen LogP contribution is 2.33. The normalized spacial score (nSPS) is 10.6. The number of amides is 1. The molecule has 0 radical (unpaired) electrons. The van der Waals surface area contributed by atoms with Gasteiger partial charge in [-0.1, -0.05) is 18.2 Å². The van der Waals surface area contributed by atoms with Gasteiger partial charge in [0.15, 0.2) is 0 Å². The van der Waals surface area contributed by atoms with E-state index in [-0.39, 0.29) is 5.91 Å². The first-order chi connectivity index (χ1) is 16.1. The van der Waals surface area contributed by atoms with Gasteiger partial charge in [-0.15, -0.1) is 0 Å². The van der Waals surface area contributed by atoms with Gasteiger partial charge in [0.2, 0.25) is 0 Å². The number of nitrogens with one attached hydrogen (secondary N) is 1. The fraction of sp³-hybridized carbons (Fsp3) is 0.192. The second-order valence-electron chi connectivity index (χ2n) is 7.56. The maximum Gasteiger partial charge on any atom is 0.270 e. The molecule has 1 amide bonds. The van der Waals surface area contributed by atoms with Crippen molar-refractivity contribution in [3.63, 3.8) is 0 Å². The van der Waals surface area contributed by atoms with Crippen molar-refractivity contribution in [2.45, 2.75) is 13.3 Å². The fourth-order valence-corrected chi connectivity index (χ4v) is 3.58. The van der Waals surface area contributed by atoms with Crippen LogP contribution in [0.2, 0.25) is 0 Å². The number of carbonyl (C=O) groups excluding carboxylic acids is 1. The summed E-state index contributed by atoms with van der Waals surface area (Å²) in [6.45, 7) is 2.48. The third kappa shape index (κ3) is 5.03. The molecule has 168 valence electrons. The lowest BCUT2D eigenvalue weighted by Crippen LogP contribution is -2.28. The largest absolute Gasteiger partial charge is 0.497 e. The summed E-state index contributed by atoms with van der Waals surface area (Å²) in [4.78, 5) is 17.5. The number of aromatic nitrogens is 3. The van der Waals surface area contributed by atoms with Crippen LogP contribution in [-0.4, -0.2) is 41.4 Å². The molecule has 7 heteroatoms. The molecule has 0 aliphatic heterocycles. The van der Waals surface area contributed by atoms with Gasteiger partial charge in [0, 0.05) is 36.5 Å². The van der Waals surface area contributed by atoms with Crippen molar-refractivity contribution in [3.05, 3.63) is 89.9 Å². The predicted molar refractivity (Wildman–Crippen MR) is 127 cm³/mol. The van der Waals surface area contributed by atoms with Crippen LogP contribution < -0.4 is 14.8 Å². The minimum absolute atomic E-state index is 0.210. The number of pyridine rings is 1. The molecule has 4 rings (SSSR count). The maximum atomic E-state index is 13.2. The molecule has 0 atom stereocenters. The Balaban J connectivity index is 1.68. The van der Waals surface area contributed by atoms with Crippen LogP contribution in [0.4, 0.5) is 0 Å². The van der Waals surface area contributed by atoms with Crippen LogP contribution in [0.3, 0.4) is 0 Å². The molecule has 4 aromatic rings. The summed E-state index contributed by atoms with van der Waals surface area (Å²) in [6.07, 6.45) is 2.39. The third-order valence-corrected chi connectivity index (χ3v) is 5.27. The van der Waals surface area contributed by atoms with Crippen LogP contribution in [0.5, 0.6) is 11.5 Å². The number of benzene rings is 2. The zero-order valence-electron chi connectivity index (χ0n) is 18.9. The molecule has 2 aromatic carbocycles. The molecule has 0 unspecified atom stereocenters. The van der Waals surface area contributed by atoms with Crippen molar-refractivity contribution in [2.24, 2.45) is 0 Å². The topological polar surface area (TPSA) is 78.3 Å². The molecule has 0 aliphatic carbocycles. The number of rotatable bonds is 8. The monoisotopic (exact) mass is 442 g/mol. The van der Waals surface area contributed by atoms with E-state index >= 15 is 0 Å². The molecule has 0 fully saturated rings. The van der Waals surface area contributed by atoms with Crippen molar-refractivity contribution in [2.75, 3.05) is 20.8 Å². The molecular weight excluding hydrogens is 416 g/mol.